The number of carbonyl (C=O) groups excluding carboxylic acids is 1. The highest BCUT2D eigenvalue weighted by molar-refractivity contribution is 5.92. The second-order valence-electron chi connectivity index (χ2n) is 6.58. The van der Waals surface area contributed by atoms with Crippen LogP contribution in [-0.2, 0) is 6.54 Å². The minimum absolute atomic E-state index is 0.0519. The fourth-order valence-electron chi connectivity index (χ4n) is 3.54. The summed E-state index contributed by atoms with van der Waals surface area (Å²) in [5.74, 6) is 1.23. The Morgan fingerprint density at radius 2 is 2.00 bits per heavy atom. The third-order valence-electron chi connectivity index (χ3n) is 4.80. The zero-order chi connectivity index (χ0) is 17.8. The van der Waals surface area contributed by atoms with Gasteiger partial charge in [0.2, 0.25) is 0 Å². The van der Waals surface area contributed by atoms with Crippen molar-refractivity contribution in [3.8, 4) is 0 Å². The number of amides is 1. The largest absolute Gasteiger partial charge is 0.337 e. The van der Waals surface area contributed by atoms with Crippen LogP contribution in [0.5, 0.6) is 0 Å². The molecule has 6 heteroatoms. The van der Waals surface area contributed by atoms with E-state index in [1.165, 1.54) is 11.8 Å². The monoisotopic (exact) mass is 347 g/mol. The molecule has 1 aliphatic heterocycles. The van der Waals surface area contributed by atoms with Gasteiger partial charge in [-0.3, -0.25) is 9.78 Å². The number of imidazole rings is 1. The zero-order valence-corrected chi connectivity index (χ0v) is 14.5. The van der Waals surface area contributed by atoms with Gasteiger partial charge >= 0.3 is 0 Å². The maximum atomic E-state index is 12.7. The first-order valence-corrected chi connectivity index (χ1v) is 8.91. The molecule has 4 rings (SSSR count). The molecule has 1 atom stereocenters. The number of hydrogen-bond donors (Lipinski definition) is 0. The molecule has 3 aromatic rings. The molecule has 1 aromatic carbocycles. The van der Waals surface area contributed by atoms with E-state index in [9.17, 15) is 4.79 Å². The van der Waals surface area contributed by atoms with Crippen molar-refractivity contribution >= 4 is 5.91 Å². The molecular formula is C20H21N5O. The molecule has 1 fully saturated rings. The number of piperidine rings is 1. The summed E-state index contributed by atoms with van der Waals surface area (Å²) >= 11 is 0. The van der Waals surface area contributed by atoms with Gasteiger partial charge in [0.25, 0.3) is 5.91 Å². The SMILES string of the molecule is O=C(c1cnccn1)N1CCC[C@H](c2nccn2Cc2ccccc2)C1. The minimum Gasteiger partial charge on any atom is -0.337 e. The van der Waals surface area contributed by atoms with Crippen LogP contribution in [0, 0.1) is 0 Å². The molecule has 0 aliphatic carbocycles. The number of nitrogens with zero attached hydrogens (tertiary/aromatic N) is 5. The smallest absolute Gasteiger partial charge is 0.274 e. The van der Waals surface area contributed by atoms with Crippen molar-refractivity contribution in [1.82, 2.24) is 24.4 Å². The maximum absolute atomic E-state index is 12.7. The third kappa shape index (κ3) is 3.49. The predicted octanol–water partition coefficient (Wildman–Crippen LogP) is 2.74. The van der Waals surface area contributed by atoms with E-state index in [-0.39, 0.29) is 11.8 Å². The average Bonchev–Trinajstić information content (AvgIpc) is 3.17. The quantitative estimate of drug-likeness (QED) is 0.728. The highest BCUT2D eigenvalue weighted by atomic mass is 16.2. The maximum Gasteiger partial charge on any atom is 0.274 e. The van der Waals surface area contributed by atoms with Crippen molar-refractivity contribution in [2.75, 3.05) is 13.1 Å². The van der Waals surface area contributed by atoms with Gasteiger partial charge in [-0.15, -0.1) is 0 Å². The Bertz CT molecular complexity index is 862. The lowest BCUT2D eigenvalue weighted by Crippen LogP contribution is -2.40. The molecule has 0 spiro atoms. The number of aromatic nitrogens is 4. The molecule has 26 heavy (non-hydrogen) atoms. The van der Waals surface area contributed by atoms with Crippen molar-refractivity contribution in [2.24, 2.45) is 0 Å². The van der Waals surface area contributed by atoms with E-state index < -0.39 is 0 Å². The van der Waals surface area contributed by atoms with Crippen LogP contribution in [0.1, 0.15) is 40.6 Å². The van der Waals surface area contributed by atoms with Crippen molar-refractivity contribution in [3.63, 3.8) is 0 Å². The Hall–Kier alpha value is -3.02. The fourth-order valence-corrected chi connectivity index (χ4v) is 3.54. The average molecular weight is 347 g/mol. The highest BCUT2D eigenvalue weighted by Crippen LogP contribution is 2.27. The van der Waals surface area contributed by atoms with Crippen molar-refractivity contribution < 1.29 is 4.79 Å². The molecule has 0 N–H and O–H groups in total. The lowest BCUT2D eigenvalue weighted by atomic mass is 9.96. The summed E-state index contributed by atoms with van der Waals surface area (Å²) in [4.78, 5) is 27.3. The Kier molecular flexibility index (Phi) is 4.73. The van der Waals surface area contributed by atoms with E-state index in [1.807, 2.05) is 35.5 Å². The Morgan fingerprint density at radius 3 is 2.81 bits per heavy atom. The summed E-state index contributed by atoms with van der Waals surface area (Å²) in [5, 5.41) is 0. The van der Waals surface area contributed by atoms with E-state index in [1.54, 1.807) is 12.4 Å². The van der Waals surface area contributed by atoms with E-state index in [0.717, 1.165) is 31.8 Å². The van der Waals surface area contributed by atoms with Crippen LogP contribution in [0.15, 0.2) is 61.3 Å². The Morgan fingerprint density at radius 1 is 1.12 bits per heavy atom. The molecule has 0 unspecified atom stereocenters. The second kappa shape index (κ2) is 7.47. The number of rotatable bonds is 4. The Labute approximate surface area is 152 Å². The van der Waals surface area contributed by atoms with Crippen LogP contribution >= 0.6 is 0 Å². The van der Waals surface area contributed by atoms with Gasteiger partial charge in [0.1, 0.15) is 11.5 Å². The molecule has 132 valence electrons. The van der Waals surface area contributed by atoms with E-state index in [0.29, 0.717) is 12.2 Å². The molecule has 0 bridgehead atoms. The Balaban J connectivity index is 1.50. The zero-order valence-electron chi connectivity index (χ0n) is 14.5. The third-order valence-corrected chi connectivity index (χ3v) is 4.80. The molecule has 2 aromatic heterocycles. The summed E-state index contributed by atoms with van der Waals surface area (Å²) in [5.41, 5.74) is 1.65. The van der Waals surface area contributed by atoms with Gasteiger partial charge in [-0.1, -0.05) is 30.3 Å². The second-order valence-corrected chi connectivity index (χ2v) is 6.58. The predicted molar refractivity (Wildman–Crippen MR) is 97.7 cm³/mol. The van der Waals surface area contributed by atoms with Crippen LogP contribution < -0.4 is 0 Å². The summed E-state index contributed by atoms with van der Waals surface area (Å²) in [7, 11) is 0. The first-order valence-electron chi connectivity index (χ1n) is 8.91. The topological polar surface area (TPSA) is 63.9 Å². The van der Waals surface area contributed by atoms with Crippen LogP contribution in [0.3, 0.4) is 0 Å². The van der Waals surface area contributed by atoms with Crippen LogP contribution in [-0.4, -0.2) is 43.4 Å². The van der Waals surface area contributed by atoms with Crippen molar-refractivity contribution in [1.29, 1.82) is 0 Å². The molecule has 3 heterocycles. The van der Waals surface area contributed by atoms with Crippen LogP contribution in [0.2, 0.25) is 0 Å². The lowest BCUT2D eigenvalue weighted by molar-refractivity contribution is 0.0697. The van der Waals surface area contributed by atoms with Crippen LogP contribution in [0.4, 0.5) is 0 Å². The van der Waals surface area contributed by atoms with Gasteiger partial charge in [-0.25, -0.2) is 9.97 Å². The summed E-state index contributed by atoms with van der Waals surface area (Å²) in [6, 6.07) is 10.4. The number of carbonyl (C=O) groups is 1. The van der Waals surface area contributed by atoms with Gasteiger partial charge in [0.05, 0.1) is 6.20 Å². The first-order chi connectivity index (χ1) is 12.8. The summed E-state index contributed by atoms with van der Waals surface area (Å²) in [6.45, 7) is 2.22. The number of likely N-dealkylation sites (tertiary alicyclic amines) is 1. The highest BCUT2D eigenvalue weighted by Gasteiger charge is 2.28. The molecule has 6 nitrogen and oxygen atoms in total. The van der Waals surface area contributed by atoms with Gasteiger partial charge in [0.15, 0.2) is 0 Å². The van der Waals surface area contributed by atoms with Gasteiger partial charge in [0, 0.05) is 50.3 Å². The van der Waals surface area contributed by atoms with Crippen LogP contribution in [0.25, 0.3) is 0 Å². The molecular weight excluding hydrogens is 326 g/mol. The molecule has 1 saturated heterocycles. The summed E-state index contributed by atoms with van der Waals surface area (Å²) in [6.07, 6.45) is 10.5. The normalized spacial score (nSPS) is 17.2. The van der Waals surface area contributed by atoms with Gasteiger partial charge in [-0.05, 0) is 18.4 Å². The summed E-state index contributed by atoms with van der Waals surface area (Å²) < 4.78 is 2.19. The molecule has 0 radical (unpaired) electrons. The van der Waals surface area contributed by atoms with E-state index in [2.05, 4.69) is 31.7 Å². The van der Waals surface area contributed by atoms with Crippen molar-refractivity contribution in [3.05, 3.63) is 78.4 Å². The molecule has 1 amide bonds. The molecule has 0 saturated carbocycles. The van der Waals surface area contributed by atoms with E-state index in [4.69, 9.17) is 0 Å². The van der Waals surface area contributed by atoms with Gasteiger partial charge in [-0.2, -0.15) is 0 Å². The standard InChI is InChI=1S/C20H21N5O/c26-20(18-13-21-8-9-22-18)25-11-4-7-17(15-25)19-23-10-12-24(19)14-16-5-2-1-3-6-16/h1-3,5-6,8-10,12-13,17H,4,7,11,14-15H2/t17-/m0/s1. The van der Waals surface area contributed by atoms with Gasteiger partial charge < -0.3 is 9.47 Å². The fraction of sp³-hybridized carbons (Fsp3) is 0.300. The lowest BCUT2D eigenvalue weighted by Gasteiger charge is -2.32. The minimum atomic E-state index is -0.0519. The van der Waals surface area contributed by atoms with E-state index >= 15 is 0 Å². The number of benzene rings is 1. The number of hydrogen-bond acceptors (Lipinski definition) is 4. The van der Waals surface area contributed by atoms with Crippen molar-refractivity contribution in [2.45, 2.75) is 25.3 Å². The molecule has 1 aliphatic rings. The first kappa shape index (κ1) is 16.4.